The highest BCUT2D eigenvalue weighted by molar-refractivity contribution is 5.92. The van der Waals surface area contributed by atoms with Crippen molar-refractivity contribution in [3.63, 3.8) is 0 Å². The number of aromatic nitrogens is 1. The van der Waals surface area contributed by atoms with E-state index >= 15 is 0 Å². The molecule has 0 saturated carbocycles. The SMILES string of the molecule is CCc1ccnc(C(=O)N2CCC(O)(COC)CC2)c1. The molecule has 5 heteroatoms. The fourth-order valence-corrected chi connectivity index (χ4v) is 2.51. The summed E-state index contributed by atoms with van der Waals surface area (Å²) in [5.41, 5.74) is 0.794. The Morgan fingerprint density at radius 3 is 2.80 bits per heavy atom. The minimum atomic E-state index is -0.801. The Bertz CT molecular complexity index is 468. The summed E-state index contributed by atoms with van der Waals surface area (Å²) in [6.45, 7) is 3.45. The Balaban J connectivity index is 2.01. The van der Waals surface area contributed by atoms with Gasteiger partial charge in [-0.2, -0.15) is 0 Å². The number of likely N-dealkylation sites (tertiary alicyclic amines) is 1. The molecule has 20 heavy (non-hydrogen) atoms. The molecular formula is C15H22N2O3. The maximum absolute atomic E-state index is 12.4. The average molecular weight is 278 g/mol. The molecule has 0 spiro atoms. The molecule has 0 atom stereocenters. The molecule has 1 aromatic rings. The van der Waals surface area contributed by atoms with Crippen LogP contribution < -0.4 is 0 Å². The first-order valence-corrected chi connectivity index (χ1v) is 7.03. The molecule has 110 valence electrons. The van der Waals surface area contributed by atoms with Gasteiger partial charge in [0, 0.05) is 26.4 Å². The lowest BCUT2D eigenvalue weighted by atomic mass is 9.92. The fourth-order valence-electron chi connectivity index (χ4n) is 2.51. The lowest BCUT2D eigenvalue weighted by Crippen LogP contribution is -2.49. The summed E-state index contributed by atoms with van der Waals surface area (Å²) in [5.74, 6) is -0.0558. The second-order valence-electron chi connectivity index (χ2n) is 5.35. The summed E-state index contributed by atoms with van der Waals surface area (Å²) >= 11 is 0. The number of aryl methyl sites for hydroxylation is 1. The van der Waals surface area contributed by atoms with Crippen LogP contribution in [0, 0.1) is 0 Å². The van der Waals surface area contributed by atoms with E-state index in [4.69, 9.17) is 4.74 Å². The topological polar surface area (TPSA) is 62.7 Å². The normalized spacial score (nSPS) is 18.1. The zero-order valence-electron chi connectivity index (χ0n) is 12.1. The van der Waals surface area contributed by atoms with E-state index in [1.54, 1.807) is 18.2 Å². The second-order valence-corrected chi connectivity index (χ2v) is 5.35. The van der Waals surface area contributed by atoms with E-state index in [0.29, 0.717) is 38.2 Å². The molecule has 1 fully saturated rings. The van der Waals surface area contributed by atoms with Crippen molar-refractivity contribution in [3.05, 3.63) is 29.6 Å². The van der Waals surface area contributed by atoms with E-state index < -0.39 is 5.60 Å². The third-order valence-electron chi connectivity index (χ3n) is 3.85. The van der Waals surface area contributed by atoms with Gasteiger partial charge < -0.3 is 14.7 Å². The Morgan fingerprint density at radius 2 is 2.20 bits per heavy atom. The van der Waals surface area contributed by atoms with E-state index in [1.807, 2.05) is 12.1 Å². The standard InChI is InChI=1S/C15H22N2O3/c1-3-12-4-7-16-13(10-12)14(18)17-8-5-15(19,6-9-17)11-20-2/h4,7,10,19H,3,5-6,8-9,11H2,1-2H3. The lowest BCUT2D eigenvalue weighted by Gasteiger charge is -2.37. The third kappa shape index (κ3) is 3.35. The van der Waals surface area contributed by atoms with E-state index in [-0.39, 0.29) is 5.91 Å². The average Bonchev–Trinajstić information content (AvgIpc) is 2.47. The highest BCUT2D eigenvalue weighted by atomic mass is 16.5. The Morgan fingerprint density at radius 1 is 1.50 bits per heavy atom. The van der Waals surface area contributed by atoms with Crippen LogP contribution in [0.5, 0.6) is 0 Å². The molecule has 2 rings (SSSR count). The van der Waals surface area contributed by atoms with Gasteiger partial charge >= 0.3 is 0 Å². The maximum atomic E-state index is 12.4. The van der Waals surface area contributed by atoms with Crippen molar-refractivity contribution in [3.8, 4) is 0 Å². The summed E-state index contributed by atoms with van der Waals surface area (Å²) in [6.07, 6.45) is 3.65. The number of aliphatic hydroxyl groups is 1. The predicted molar refractivity (Wildman–Crippen MR) is 75.6 cm³/mol. The van der Waals surface area contributed by atoms with Crippen LogP contribution in [0.4, 0.5) is 0 Å². The molecule has 1 aromatic heterocycles. The lowest BCUT2D eigenvalue weighted by molar-refractivity contribution is -0.0663. The minimum Gasteiger partial charge on any atom is -0.387 e. The van der Waals surface area contributed by atoms with Crippen LogP contribution in [-0.2, 0) is 11.2 Å². The van der Waals surface area contributed by atoms with Crippen LogP contribution in [0.25, 0.3) is 0 Å². The van der Waals surface area contributed by atoms with Gasteiger partial charge in [-0.1, -0.05) is 6.92 Å². The summed E-state index contributed by atoms with van der Waals surface area (Å²) in [4.78, 5) is 18.3. The highest BCUT2D eigenvalue weighted by Gasteiger charge is 2.34. The largest absolute Gasteiger partial charge is 0.387 e. The quantitative estimate of drug-likeness (QED) is 0.900. The van der Waals surface area contributed by atoms with Crippen LogP contribution in [0.1, 0.15) is 35.8 Å². The van der Waals surface area contributed by atoms with E-state index in [9.17, 15) is 9.90 Å². The molecule has 0 radical (unpaired) electrons. The first kappa shape index (κ1) is 14.9. The van der Waals surface area contributed by atoms with Crippen molar-refractivity contribution in [2.24, 2.45) is 0 Å². The molecular weight excluding hydrogens is 256 g/mol. The van der Waals surface area contributed by atoms with E-state index in [0.717, 1.165) is 12.0 Å². The van der Waals surface area contributed by atoms with Gasteiger partial charge in [0.05, 0.1) is 12.2 Å². The van der Waals surface area contributed by atoms with Crippen molar-refractivity contribution in [1.29, 1.82) is 0 Å². The molecule has 0 aliphatic carbocycles. The molecule has 1 amide bonds. The molecule has 1 N–H and O–H groups in total. The Hall–Kier alpha value is -1.46. The van der Waals surface area contributed by atoms with Crippen molar-refractivity contribution in [2.75, 3.05) is 26.8 Å². The summed E-state index contributed by atoms with van der Waals surface area (Å²) < 4.78 is 5.03. The number of carbonyl (C=O) groups is 1. The van der Waals surface area contributed by atoms with Crippen LogP contribution >= 0.6 is 0 Å². The Kier molecular flexibility index (Phi) is 4.73. The highest BCUT2D eigenvalue weighted by Crippen LogP contribution is 2.23. The van der Waals surface area contributed by atoms with E-state index in [2.05, 4.69) is 11.9 Å². The van der Waals surface area contributed by atoms with Crippen LogP contribution in [-0.4, -0.2) is 53.3 Å². The number of rotatable bonds is 4. The predicted octanol–water partition coefficient (Wildman–Crippen LogP) is 1.26. The maximum Gasteiger partial charge on any atom is 0.272 e. The molecule has 2 heterocycles. The zero-order valence-corrected chi connectivity index (χ0v) is 12.1. The van der Waals surface area contributed by atoms with Gasteiger partial charge in [-0.05, 0) is 37.0 Å². The number of methoxy groups -OCH3 is 1. The number of hydrogen-bond donors (Lipinski definition) is 1. The van der Waals surface area contributed by atoms with Crippen LogP contribution in [0.3, 0.4) is 0 Å². The number of ether oxygens (including phenoxy) is 1. The van der Waals surface area contributed by atoms with Gasteiger partial charge in [-0.3, -0.25) is 9.78 Å². The van der Waals surface area contributed by atoms with Gasteiger partial charge in [-0.25, -0.2) is 0 Å². The zero-order chi connectivity index (χ0) is 14.6. The summed E-state index contributed by atoms with van der Waals surface area (Å²) in [7, 11) is 1.58. The first-order valence-electron chi connectivity index (χ1n) is 7.03. The van der Waals surface area contributed by atoms with Gasteiger partial charge in [0.2, 0.25) is 0 Å². The molecule has 5 nitrogen and oxygen atoms in total. The van der Waals surface area contributed by atoms with Gasteiger partial charge in [0.1, 0.15) is 5.69 Å². The number of amides is 1. The second kappa shape index (κ2) is 6.33. The van der Waals surface area contributed by atoms with Crippen LogP contribution in [0.2, 0.25) is 0 Å². The van der Waals surface area contributed by atoms with Crippen molar-refractivity contribution < 1.29 is 14.6 Å². The van der Waals surface area contributed by atoms with Gasteiger partial charge in [-0.15, -0.1) is 0 Å². The monoisotopic (exact) mass is 278 g/mol. The molecule has 0 aromatic carbocycles. The van der Waals surface area contributed by atoms with Gasteiger partial charge in [0.15, 0.2) is 0 Å². The number of pyridine rings is 1. The van der Waals surface area contributed by atoms with Crippen molar-refractivity contribution in [2.45, 2.75) is 31.8 Å². The minimum absolute atomic E-state index is 0.0558. The first-order chi connectivity index (χ1) is 9.58. The van der Waals surface area contributed by atoms with Gasteiger partial charge in [0.25, 0.3) is 5.91 Å². The molecule has 1 aliphatic rings. The Labute approximate surface area is 119 Å². The molecule has 1 saturated heterocycles. The number of nitrogens with zero attached hydrogens (tertiary/aromatic N) is 2. The summed E-state index contributed by atoms with van der Waals surface area (Å²) in [6, 6.07) is 3.77. The fraction of sp³-hybridized carbons (Fsp3) is 0.600. The van der Waals surface area contributed by atoms with Crippen molar-refractivity contribution in [1.82, 2.24) is 9.88 Å². The third-order valence-corrected chi connectivity index (χ3v) is 3.85. The number of hydrogen-bond acceptors (Lipinski definition) is 4. The number of piperidine rings is 1. The van der Waals surface area contributed by atoms with Crippen molar-refractivity contribution >= 4 is 5.91 Å². The molecule has 0 unspecified atom stereocenters. The van der Waals surface area contributed by atoms with Crippen LogP contribution in [0.15, 0.2) is 18.3 Å². The summed E-state index contributed by atoms with van der Waals surface area (Å²) in [5, 5.41) is 10.2. The molecule has 0 bridgehead atoms. The number of carbonyl (C=O) groups excluding carboxylic acids is 1. The van der Waals surface area contributed by atoms with E-state index in [1.165, 1.54) is 0 Å². The smallest absolute Gasteiger partial charge is 0.272 e. The molecule has 1 aliphatic heterocycles.